The second-order valence-electron chi connectivity index (χ2n) is 1.91. The van der Waals surface area contributed by atoms with E-state index >= 15 is 0 Å². The molecule has 1 rings (SSSR count). The van der Waals surface area contributed by atoms with Gasteiger partial charge in [0.2, 0.25) is 0 Å². The summed E-state index contributed by atoms with van der Waals surface area (Å²) < 4.78 is 0. The average Bonchev–Trinajstić information content (AvgIpc) is 2.19. The molecule has 0 aromatic heterocycles. The van der Waals surface area contributed by atoms with E-state index in [4.69, 9.17) is 15.1 Å². The molecule has 0 unspecified atom stereocenters. The number of hydrogen-bond donors (Lipinski definition) is 3. The molecule has 70 valence electrons. The van der Waals surface area contributed by atoms with E-state index in [1.165, 1.54) is 0 Å². The highest BCUT2D eigenvalue weighted by Crippen LogP contribution is 1.96. The van der Waals surface area contributed by atoms with E-state index < -0.39 is 5.91 Å². The molecule has 0 heterocycles. The Balaban J connectivity index is 0.000000424. The maximum atomic E-state index is 10.7. The summed E-state index contributed by atoms with van der Waals surface area (Å²) in [5.41, 5.74) is 1.99. The third kappa shape index (κ3) is 4.54. The monoisotopic (exact) mass is 183 g/mol. The third-order valence-electron chi connectivity index (χ3n) is 1.14. The number of nitrogens with one attached hydrogen (secondary N) is 1. The van der Waals surface area contributed by atoms with Gasteiger partial charge in [0.1, 0.15) is 0 Å². The molecule has 0 saturated carbocycles. The highest BCUT2D eigenvalue weighted by molar-refractivity contribution is 5.93. The molecule has 5 nitrogen and oxygen atoms in total. The fraction of sp³-hybridized carbons (Fsp3) is 0. The first-order valence-electron chi connectivity index (χ1n) is 3.33. The van der Waals surface area contributed by atoms with E-state index in [1.54, 1.807) is 35.8 Å². The molecule has 0 aliphatic heterocycles. The Bertz CT molecular complexity index is 260. The lowest BCUT2D eigenvalue weighted by Gasteiger charge is -1.94. The van der Waals surface area contributed by atoms with Gasteiger partial charge in [0.15, 0.2) is 0 Å². The lowest BCUT2D eigenvalue weighted by Crippen LogP contribution is -2.18. The van der Waals surface area contributed by atoms with Crippen LogP contribution >= 0.6 is 0 Å². The standard InChI is InChI=1S/C7H7NO2.CH2O2/c9-7(8-10)6-4-2-1-3-5-6;2-1-3/h1-5,10H,(H,8,9);1H,(H,2,3). The van der Waals surface area contributed by atoms with Gasteiger partial charge in [-0.05, 0) is 12.1 Å². The summed E-state index contributed by atoms with van der Waals surface area (Å²) in [6.07, 6.45) is 0. The Hall–Kier alpha value is -1.88. The summed E-state index contributed by atoms with van der Waals surface area (Å²) in [6.45, 7) is -0.250. The van der Waals surface area contributed by atoms with E-state index in [-0.39, 0.29) is 6.47 Å². The Morgan fingerprint density at radius 2 is 1.77 bits per heavy atom. The second kappa shape index (κ2) is 6.81. The molecule has 13 heavy (non-hydrogen) atoms. The smallest absolute Gasteiger partial charge is 0.290 e. The Morgan fingerprint density at radius 3 is 2.15 bits per heavy atom. The van der Waals surface area contributed by atoms with Crippen LogP contribution in [0.1, 0.15) is 10.4 Å². The molecule has 0 fully saturated rings. The van der Waals surface area contributed by atoms with Gasteiger partial charge in [0.25, 0.3) is 12.4 Å². The predicted molar refractivity (Wildman–Crippen MR) is 44.4 cm³/mol. The van der Waals surface area contributed by atoms with Crippen molar-refractivity contribution in [3.05, 3.63) is 35.9 Å². The molecular weight excluding hydrogens is 174 g/mol. The van der Waals surface area contributed by atoms with Crippen LogP contribution in [-0.4, -0.2) is 22.7 Å². The van der Waals surface area contributed by atoms with Crippen molar-refractivity contribution in [1.82, 2.24) is 5.48 Å². The number of amides is 1. The molecule has 0 atom stereocenters. The van der Waals surface area contributed by atoms with Gasteiger partial charge in [-0.2, -0.15) is 0 Å². The normalized spacial score (nSPS) is 7.77. The van der Waals surface area contributed by atoms with Gasteiger partial charge in [0.05, 0.1) is 0 Å². The number of carboxylic acid groups (broad SMARTS) is 1. The zero-order valence-corrected chi connectivity index (χ0v) is 6.68. The number of benzene rings is 1. The van der Waals surface area contributed by atoms with Crippen molar-refractivity contribution >= 4 is 12.4 Å². The van der Waals surface area contributed by atoms with E-state index in [1.807, 2.05) is 0 Å². The first-order valence-corrected chi connectivity index (χ1v) is 3.33. The molecule has 0 bridgehead atoms. The van der Waals surface area contributed by atoms with Crippen LogP contribution in [-0.2, 0) is 4.79 Å². The minimum Gasteiger partial charge on any atom is -0.483 e. The zero-order valence-electron chi connectivity index (χ0n) is 6.68. The largest absolute Gasteiger partial charge is 0.483 e. The van der Waals surface area contributed by atoms with Gasteiger partial charge in [-0.3, -0.25) is 14.8 Å². The molecule has 1 aromatic carbocycles. The maximum absolute atomic E-state index is 10.7. The van der Waals surface area contributed by atoms with Crippen LogP contribution in [0, 0.1) is 0 Å². The topological polar surface area (TPSA) is 86.6 Å². The number of hydrogen-bond acceptors (Lipinski definition) is 3. The summed E-state index contributed by atoms with van der Waals surface area (Å²) >= 11 is 0. The average molecular weight is 183 g/mol. The van der Waals surface area contributed by atoms with Crippen LogP contribution in [0.3, 0.4) is 0 Å². The molecule has 0 radical (unpaired) electrons. The van der Waals surface area contributed by atoms with Crippen LogP contribution in [0.2, 0.25) is 0 Å². The fourth-order valence-corrected chi connectivity index (χ4v) is 0.654. The number of hydroxylamine groups is 1. The SMILES string of the molecule is O=C(NO)c1ccccc1.O=CO. The van der Waals surface area contributed by atoms with E-state index in [9.17, 15) is 4.79 Å². The fourth-order valence-electron chi connectivity index (χ4n) is 0.654. The molecule has 0 spiro atoms. The minimum absolute atomic E-state index is 0.250. The highest BCUT2D eigenvalue weighted by atomic mass is 16.5. The van der Waals surface area contributed by atoms with Gasteiger partial charge in [0, 0.05) is 5.56 Å². The summed E-state index contributed by atoms with van der Waals surface area (Å²) in [6, 6.07) is 8.49. The summed E-state index contributed by atoms with van der Waals surface area (Å²) in [7, 11) is 0. The summed E-state index contributed by atoms with van der Waals surface area (Å²) in [4.78, 5) is 19.0. The van der Waals surface area contributed by atoms with E-state index in [2.05, 4.69) is 0 Å². The van der Waals surface area contributed by atoms with Gasteiger partial charge in [-0.1, -0.05) is 18.2 Å². The van der Waals surface area contributed by atoms with Crippen LogP contribution in [0.25, 0.3) is 0 Å². The number of rotatable bonds is 1. The van der Waals surface area contributed by atoms with Crippen LogP contribution in [0.15, 0.2) is 30.3 Å². The lowest BCUT2D eigenvalue weighted by atomic mass is 10.2. The summed E-state index contributed by atoms with van der Waals surface area (Å²) in [5.74, 6) is -0.486. The second-order valence-corrected chi connectivity index (χ2v) is 1.91. The summed E-state index contributed by atoms with van der Waals surface area (Å²) in [5, 5.41) is 15.1. The van der Waals surface area contributed by atoms with Crippen LogP contribution < -0.4 is 5.48 Å². The maximum Gasteiger partial charge on any atom is 0.290 e. The van der Waals surface area contributed by atoms with Crippen molar-refractivity contribution in [3.63, 3.8) is 0 Å². The molecule has 3 N–H and O–H groups in total. The minimum atomic E-state index is -0.486. The van der Waals surface area contributed by atoms with Crippen molar-refractivity contribution < 1.29 is 19.9 Å². The third-order valence-corrected chi connectivity index (χ3v) is 1.14. The van der Waals surface area contributed by atoms with Gasteiger partial charge in [-0.25, -0.2) is 5.48 Å². The van der Waals surface area contributed by atoms with E-state index in [0.717, 1.165) is 0 Å². The predicted octanol–water partition coefficient (Wildman–Crippen LogP) is 0.506. The first kappa shape index (κ1) is 11.1. The molecule has 1 amide bonds. The van der Waals surface area contributed by atoms with Crippen molar-refractivity contribution in [2.24, 2.45) is 0 Å². The zero-order chi connectivity index (χ0) is 10.1. The Kier molecular flexibility index (Phi) is 5.82. The molecular formula is C8H9NO4. The lowest BCUT2D eigenvalue weighted by molar-refractivity contribution is -0.122. The van der Waals surface area contributed by atoms with Gasteiger partial charge < -0.3 is 5.11 Å². The molecule has 5 heteroatoms. The van der Waals surface area contributed by atoms with Crippen molar-refractivity contribution in [3.8, 4) is 0 Å². The van der Waals surface area contributed by atoms with Crippen LogP contribution in [0.4, 0.5) is 0 Å². The van der Waals surface area contributed by atoms with Gasteiger partial charge >= 0.3 is 0 Å². The number of carbonyl (C=O) groups excluding carboxylic acids is 1. The first-order chi connectivity index (χ1) is 6.26. The van der Waals surface area contributed by atoms with E-state index in [0.29, 0.717) is 5.56 Å². The Labute approximate surface area is 74.6 Å². The van der Waals surface area contributed by atoms with Crippen LogP contribution in [0.5, 0.6) is 0 Å². The number of carbonyl (C=O) groups is 2. The molecule has 0 saturated heterocycles. The van der Waals surface area contributed by atoms with Gasteiger partial charge in [-0.15, -0.1) is 0 Å². The van der Waals surface area contributed by atoms with Crippen molar-refractivity contribution in [2.75, 3.05) is 0 Å². The Morgan fingerprint density at radius 1 is 1.31 bits per heavy atom. The molecule has 0 aliphatic rings. The van der Waals surface area contributed by atoms with Crippen molar-refractivity contribution in [1.29, 1.82) is 0 Å². The highest BCUT2D eigenvalue weighted by Gasteiger charge is 1.99. The molecule has 1 aromatic rings. The van der Waals surface area contributed by atoms with Crippen molar-refractivity contribution in [2.45, 2.75) is 0 Å². The molecule has 0 aliphatic carbocycles. The quantitative estimate of drug-likeness (QED) is 0.336.